The first-order valence-electron chi connectivity index (χ1n) is 6.65. The lowest BCUT2D eigenvalue weighted by atomic mass is 10.1. The van der Waals surface area contributed by atoms with E-state index in [1.54, 1.807) is 6.92 Å². The summed E-state index contributed by atoms with van der Waals surface area (Å²) in [6.45, 7) is 3.84. The fraction of sp³-hybridized carbons (Fsp3) is 0.333. The van der Waals surface area contributed by atoms with Crippen LogP contribution in [0.25, 0.3) is 0 Å². The minimum atomic E-state index is -1.18. The Kier molecular flexibility index (Phi) is 4.74. The Morgan fingerprint density at radius 1 is 1.35 bits per heavy atom. The van der Waals surface area contributed by atoms with Gasteiger partial charge in [-0.1, -0.05) is 36.8 Å². The highest BCUT2D eigenvalue weighted by molar-refractivity contribution is 7.17. The molecule has 0 unspecified atom stereocenters. The van der Waals surface area contributed by atoms with Gasteiger partial charge in [-0.15, -0.1) is 0 Å². The van der Waals surface area contributed by atoms with Crippen LogP contribution in [0.3, 0.4) is 0 Å². The van der Waals surface area contributed by atoms with Crippen LogP contribution < -0.4 is 10.4 Å². The van der Waals surface area contributed by atoms with Crippen molar-refractivity contribution in [1.82, 2.24) is 4.98 Å². The third-order valence-electron chi connectivity index (χ3n) is 3.01. The van der Waals surface area contributed by atoms with Crippen LogP contribution in [0, 0.1) is 6.92 Å². The number of thiazole rings is 1. The average molecular weight is 289 g/mol. The highest BCUT2D eigenvalue weighted by Crippen LogP contribution is 2.25. The average Bonchev–Trinajstić information content (AvgIpc) is 2.79. The second-order valence-corrected chi connectivity index (χ2v) is 5.65. The van der Waals surface area contributed by atoms with Crippen LogP contribution >= 0.6 is 11.3 Å². The molecule has 0 saturated heterocycles. The highest BCUT2D eigenvalue weighted by atomic mass is 32.1. The molecule has 106 valence electrons. The number of hydrogen-bond donors (Lipinski definition) is 1. The molecule has 1 N–H and O–H groups in total. The van der Waals surface area contributed by atoms with Crippen LogP contribution in [0.15, 0.2) is 24.3 Å². The van der Waals surface area contributed by atoms with Crippen molar-refractivity contribution in [2.75, 3.05) is 5.32 Å². The number of carboxylic acids is 1. The molecule has 1 aromatic carbocycles. The van der Waals surface area contributed by atoms with E-state index < -0.39 is 5.97 Å². The molecular weight excluding hydrogens is 272 g/mol. The molecule has 0 aliphatic carbocycles. The van der Waals surface area contributed by atoms with Gasteiger partial charge in [0.25, 0.3) is 0 Å². The Bertz CT molecular complexity index is 590. The van der Waals surface area contributed by atoms with E-state index in [2.05, 4.69) is 29.4 Å². The summed E-state index contributed by atoms with van der Waals surface area (Å²) in [5.74, 6) is -1.18. The first kappa shape index (κ1) is 14.5. The highest BCUT2D eigenvalue weighted by Gasteiger charge is 2.08. The quantitative estimate of drug-likeness (QED) is 0.888. The Balaban J connectivity index is 2.06. The molecule has 0 bridgehead atoms. The molecule has 5 heteroatoms. The van der Waals surface area contributed by atoms with E-state index in [0.29, 0.717) is 10.8 Å². The van der Waals surface area contributed by atoms with Crippen molar-refractivity contribution in [3.8, 4) is 0 Å². The zero-order valence-electron chi connectivity index (χ0n) is 11.6. The Morgan fingerprint density at radius 2 is 2.05 bits per heavy atom. The van der Waals surface area contributed by atoms with Crippen molar-refractivity contribution in [3.63, 3.8) is 0 Å². The minimum Gasteiger partial charge on any atom is -0.544 e. The zero-order chi connectivity index (χ0) is 14.5. The molecule has 0 aliphatic rings. The van der Waals surface area contributed by atoms with Crippen LogP contribution in [-0.2, 0) is 6.42 Å². The largest absolute Gasteiger partial charge is 0.544 e. The van der Waals surface area contributed by atoms with Crippen molar-refractivity contribution in [2.24, 2.45) is 0 Å². The van der Waals surface area contributed by atoms with Gasteiger partial charge in [0.15, 0.2) is 5.13 Å². The van der Waals surface area contributed by atoms with Gasteiger partial charge in [0.05, 0.1) is 16.5 Å². The number of hydrogen-bond acceptors (Lipinski definition) is 5. The lowest BCUT2D eigenvalue weighted by Crippen LogP contribution is -2.21. The van der Waals surface area contributed by atoms with E-state index in [9.17, 15) is 9.90 Å². The van der Waals surface area contributed by atoms with Gasteiger partial charge in [-0.3, -0.25) is 0 Å². The topological polar surface area (TPSA) is 65.0 Å². The van der Waals surface area contributed by atoms with Crippen LogP contribution in [0.5, 0.6) is 0 Å². The van der Waals surface area contributed by atoms with Gasteiger partial charge >= 0.3 is 0 Å². The van der Waals surface area contributed by atoms with E-state index >= 15 is 0 Å². The predicted molar refractivity (Wildman–Crippen MR) is 79.5 cm³/mol. The van der Waals surface area contributed by atoms with E-state index in [1.165, 1.54) is 18.4 Å². The van der Waals surface area contributed by atoms with Crippen LogP contribution in [0.4, 0.5) is 10.8 Å². The van der Waals surface area contributed by atoms with Crippen molar-refractivity contribution in [1.29, 1.82) is 0 Å². The molecule has 0 amide bonds. The number of aromatic nitrogens is 1. The number of aryl methyl sites for hydroxylation is 2. The maximum Gasteiger partial charge on any atom is 0.188 e. The molecule has 2 aromatic rings. The van der Waals surface area contributed by atoms with Gasteiger partial charge in [0.2, 0.25) is 0 Å². The van der Waals surface area contributed by atoms with Crippen LogP contribution in [-0.4, -0.2) is 11.0 Å². The van der Waals surface area contributed by atoms with Gasteiger partial charge in [0, 0.05) is 5.69 Å². The number of nitrogens with zero attached hydrogens (tertiary/aromatic N) is 1. The summed E-state index contributed by atoms with van der Waals surface area (Å²) in [4.78, 5) is 15.2. The summed E-state index contributed by atoms with van der Waals surface area (Å²) in [7, 11) is 0. The number of carbonyl (C=O) groups is 1. The molecule has 1 aromatic heterocycles. The summed E-state index contributed by atoms with van der Waals surface area (Å²) < 4.78 is 0. The molecule has 4 nitrogen and oxygen atoms in total. The molecule has 0 saturated carbocycles. The van der Waals surface area contributed by atoms with Crippen LogP contribution in [0.2, 0.25) is 0 Å². The third kappa shape index (κ3) is 3.57. The SMILES string of the molecule is CCCCc1ccc(Nc2nc(C)c(C(=O)[O-])s2)cc1. The number of aromatic carboxylic acids is 1. The predicted octanol–water partition coefficient (Wildman–Crippen LogP) is 2.90. The molecule has 0 radical (unpaired) electrons. The number of rotatable bonds is 6. The second kappa shape index (κ2) is 6.52. The van der Waals surface area contributed by atoms with Gasteiger partial charge < -0.3 is 15.2 Å². The number of benzene rings is 1. The van der Waals surface area contributed by atoms with Gasteiger partial charge in [-0.05, 0) is 37.5 Å². The fourth-order valence-corrected chi connectivity index (χ4v) is 2.72. The summed E-state index contributed by atoms with van der Waals surface area (Å²) >= 11 is 1.10. The number of nitrogens with one attached hydrogen (secondary N) is 1. The maximum atomic E-state index is 10.9. The van der Waals surface area contributed by atoms with E-state index in [4.69, 9.17) is 0 Å². The van der Waals surface area contributed by atoms with Crippen molar-refractivity contribution < 1.29 is 9.90 Å². The van der Waals surface area contributed by atoms with Crippen molar-refractivity contribution in [2.45, 2.75) is 33.1 Å². The van der Waals surface area contributed by atoms with Crippen molar-refractivity contribution >= 4 is 28.1 Å². The molecular formula is C15H17N2O2S-. The summed E-state index contributed by atoms with van der Waals surface area (Å²) in [6, 6.07) is 8.14. The summed E-state index contributed by atoms with van der Waals surface area (Å²) in [6.07, 6.45) is 3.46. The van der Waals surface area contributed by atoms with E-state index in [1.807, 2.05) is 12.1 Å². The molecule has 0 atom stereocenters. The first-order chi connectivity index (χ1) is 9.60. The van der Waals surface area contributed by atoms with Gasteiger partial charge in [0.1, 0.15) is 0 Å². The van der Waals surface area contributed by atoms with Gasteiger partial charge in [-0.25, -0.2) is 4.98 Å². The van der Waals surface area contributed by atoms with Crippen LogP contribution in [0.1, 0.15) is 40.7 Å². The number of carbonyl (C=O) groups excluding carboxylic acids is 1. The monoisotopic (exact) mass is 289 g/mol. The smallest absolute Gasteiger partial charge is 0.188 e. The standard InChI is InChI=1S/C15H18N2O2S/c1-3-4-5-11-6-8-12(9-7-11)17-15-16-10(2)13(20-15)14(18)19/h6-9H,3-5H2,1-2H3,(H,16,17)(H,18,19)/p-1. The lowest BCUT2D eigenvalue weighted by molar-refractivity contribution is -0.254. The van der Waals surface area contributed by atoms with Crippen molar-refractivity contribution in [3.05, 3.63) is 40.4 Å². The first-order valence-corrected chi connectivity index (χ1v) is 7.46. The summed E-state index contributed by atoms with van der Waals surface area (Å²) in [5, 5.41) is 14.6. The minimum absolute atomic E-state index is 0.173. The molecule has 0 aliphatic heterocycles. The molecule has 0 spiro atoms. The van der Waals surface area contributed by atoms with E-state index in [0.717, 1.165) is 23.4 Å². The number of carboxylic acid groups (broad SMARTS) is 1. The van der Waals surface area contributed by atoms with E-state index in [-0.39, 0.29) is 4.88 Å². The molecule has 0 fully saturated rings. The number of unbranched alkanes of at least 4 members (excludes halogenated alkanes) is 1. The molecule has 20 heavy (non-hydrogen) atoms. The Morgan fingerprint density at radius 3 is 2.60 bits per heavy atom. The summed E-state index contributed by atoms with van der Waals surface area (Å²) in [5.41, 5.74) is 2.70. The third-order valence-corrected chi connectivity index (χ3v) is 4.06. The molecule has 2 rings (SSSR count). The molecule has 1 heterocycles. The maximum absolute atomic E-state index is 10.9. The second-order valence-electron chi connectivity index (χ2n) is 4.65. The fourth-order valence-electron chi connectivity index (χ4n) is 1.90. The normalized spacial score (nSPS) is 10.5. The lowest BCUT2D eigenvalue weighted by Gasteiger charge is -2.04. The Hall–Kier alpha value is -1.88. The zero-order valence-corrected chi connectivity index (χ0v) is 12.4. The van der Waals surface area contributed by atoms with Gasteiger partial charge in [-0.2, -0.15) is 0 Å². The Labute approximate surface area is 122 Å². The number of anilines is 2.